The van der Waals surface area contributed by atoms with Crippen LogP contribution in [0.15, 0.2) is 0 Å². The van der Waals surface area contributed by atoms with E-state index in [4.69, 9.17) is 4.74 Å². The van der Waals surface area contributed by atoms with Crippen LogP contribution in [0.3, 0.4) is 0 Å². The molecule has 0 aliphatic carbocycles. The fraction of sp³-hybridized carbons (Fsp3) is 1.00. The van der Waals surface area contributed by atoms with E-state index in [1.807, 2.05) is 0 Å². The first kappa shape index (κ1) is 30.0. The summed E-state index contributed by atoms with van der Waals surface area (Å²) in [5.74, 6) is 0. The third-order valence-electron chi connectivity index (χ3n) is 10.0. The molecule has 0 amide bonds. The highest BCUT2D eigenvalue weighted by Gasteiger charge is 2.48. The van der Waals surface area contributed by atoms with Gasteiger partial charge in [0.25, 0.3) is 0 Å². The van der Waals surface area contributed by atoms with Crippen molar-refractivity contribution < 1.29 is 4.74 Å². The van der Waals surface area contributed by atoms with E-state index in [1.165, 1.54) is 0 Å². The summed E-state index contributed by atoms with van der Waals surface area (Å²) in [6.45, 7) is 42.7. The van der Waals surface area contributed by atoms with E-state index in [9.17, 15) is 0 Å². The molecule has 202 valence electrons. The Balaban J connectivity index is 1.97. The summed E-state index contributed by atoms with van der Waals surface area (Å²) in [6, 6.07) is 0. The van der Waals surface area contributed by atoms with Gasteiger partial charge in [0.15, 0.2) is 0 Å². The number of ether oxygens (including phenoxy) is 1. The van der Waals surface area contributed by atoms with Crippen LogP contribution in [-0.4, -0.2) is 106 Å². The Morgan fingerprint density at radius 2 is 0.794 bits per heavy atom. The standard InChI is InChI=1S/C29H60N4O/c1-24(2,3)29(13,14)34-23-26(7,8)31-17-21-33(22-18-31)28(11,12)27(9,10)32-19-15-30(16-20-32)25(4,5)6/h15-23H2,1-14H3. The van der Waals surface area contributed by atoms with Gasteiger partial charge in [-0.3, -0.25) is 19.6 Å². The van der Waals surface area contributed by atoms with Gasteiger partial charge in [0.1, 0.15) is 0 Å². The average Bonchev–Trinajstić information content (AvgIpc) is 2.71. The van der Waals surface area contributed by atoms with Gasteiger partial charge in [-0.05, 0) is 81.6 Å². The maximum absolute atomic E-state index is 6.51. The van der Waals surface area contributed by atoms with Crippen LogP contribution in [0.2, 0.25) is 0 Å². The average molecular weight is 481 g/mol. The monoisotopic (exact) mass is 480 g/mol. The van der Waals surface area contributed by atoms with E-state index < -0.39 is 0 Å². The Bertz CT molecular complexity index is 653. The number of piperazine rings is 2. The number of rotatable bonds is 7. The van der Waals surface area contributed by atoms with Crippen LogP contribution in [0.4, 0.5) is 0 Å². The highest BCUT2D eigenvalue weighted by Crippen LogP contribution is 2.37. The molecule has 0 unspecified atom stereocenters. The molecule has 0 bridgehead atoms. The molecule has 34 heavy (non-hydrogen) atoms. The van der Waals surface area contributed by atoms with E-state index in [2.05, 4.69) is 117 Å². The molecule has 2 saturated heterocycles. The normalized spacial score (nSPS) is 22.4. The van der Waals surface area contributed by atoms with Crippen molar-refractivity contribution in [3.05, 3.63) is 0 Å². The lowest BCUT2D eigenvalue weighted by Gasteiger charge is -2.58. The van der Waals surface area contributed by atoms with Crippen LogP contribution in [0, 0.1) is 5.41 Å². The minimum atomic E-state index is -0.144. The van der Waals surface area contributed by atoms with Crippen molar-refractivity contribution in [3.8, 4) is 0 Å². The molecule has 2 aliphatic heterocycles. The van der Waals surface area contributed by atoms with Crippen molar-refractivity contribution in [1.29, 1.82) is 0 Å². The molecule has 0 atom stereocenters. The first-order valence-corrected chi connectivity index (χ1v) is 13.8. The molecule has 0 spiro atoms. The molecule has 0 aromatic heterocycles. The van der Waals surface area contributed by atoms with Crippen LogP contribution in [-0.2, 0) is 4.74 Å². The third-order valence-corrected chi connectivity index (χ3v) is 10.0. The highest BCUT2D eigenvalue weighted by molar-refractivity contribution is 5.05. The van der Waals surface area contributed by atoms with Crippen molar-refractivity contribution in [1.82, 2.24) is 19.6 Å². The summed E-state index contributed by atoms with van der Waals surface area (Å²) in [5, 5.41) is 0. The lowest BCUT2D eigenvalue weighted by Crippen LogP contribution is -2.71. The Hall–Kier alpha value is -0.200. The SMILES string of the molecule is CC(C)(C)N1CCN(C(C)(C)C(C)(C)N2CCN(C(C)(C)COC(C)(C)C(C)(C)C)CC2)CC1. The molecule has 5 heteroatoms. The third kappa shape index (κ3) is 6.37. The molecule has 0 N–H and O–H groups in total. The maximum atomic E-state index is 6.51. The summed E-state index contributed by atoms with van der Waals surface area (Å²) in [7, 11) is 0. The number of hydrogen-bond donors (Lipinski definition) is 0. The largest absolute Gasteiger partial charge is 0.373 e. The second kappa shape index (κ2) is 9.93. The molecule has 2 aliphatic rings. The van der Waals surface area contributed by atoms with Crippen LogP contribution < -0.4 is 0 Å². The van der Waals surface area contributed by atoms with E-state index in [0.717, 1.165) is 59.0 Å². The van der Waals surface area contributed by atoms with Crippen LogP contribution >= 0.6 is 0 Å². The first-order valence-electron chi connectivity index (χ1n) is 13.8. The van der Waals surface area contributed by atoms with Gasteiger partial charge < -0.3 is 4.74 Å². The van der Waals surface area contributed by atoms with E-state index in [1.54, 1.807) is 0 Å². The number of hydrogen-bond acceptors (Lipinski definition) is 5. The topological polar surface area (TPSA) is 22.2 Å². The summed E-state index contributed by atoms with van der Waals surface area (Å²) >= 11 is 0. The Kier molecular flexibility index (Phi) is 8.77. The lowest BCUT2D eigenvalue weighted by atomic mass is 9.78. The zero-order valence-electron chi connectivity index (χ0n) is 25.6. The van der Waals surface area contributed by atoms with Gasteiger partial charge in [-0.15, -0.1) is 0 Å². The van der Waals surface area contributed by atoms with Crippen LogP contribution in [0.5, 0.6) is 0 Å². The van der Waals surface area contributed by atoms with E-state index >= 15 is 0 Å². The predicted octanol–water partition coefficient (Wildman–Crippen LogP) is 5.20. The van der Waals surface area contributed by atoms with Gasteiger partial charge in [0, 0.05) is 74.5 Å². The molecule has 0 radical (unpaired) electrons. The summed E-state index contributed by atoms with van der Waals surface area (Å²) in [4.78, 5) is 10.8. The van der Waals surface area contributed by atoms with Crippen LogP contribution in [0.1, 0.15) is 96.9 Å². The quantitative estimate of drug-likeness (QED) is 0.498. The second-order valence-corrected chi connectivity index (χ2v) is 15.1. The first-order chi connectivity index (χ1) is 15.1. The van der Waals surface area contributed by atoms with Crippen molar-refractivity contribution in [2.24, 2.45) is 5.41 Å². The predicted molar refractivity (Wildman–Crippen MR) is 148 cm³/mol. The van der Waals surface area contributed by atoms with Crippen molar-refractivity contribution in [2.75, 3.05) is 59.0 Å². The molecule has 2 rings (SSSR count). The summed E-state index contributed by atoms with van der Waals surface area (Å²) < 4.78 is 6.51. The molecule has 2 heterocycles. The van der Waals surface area contributed by atoms with Gasteiger partial charge in [-0.1, -0.05) is 20.8 Å². The molecular weight excluding hydrogens is 420 g/mol. The Labute approximate surface area is 213 Å². The summed E-state index contributed by atoms with van der Waals surface area (Å²) in [5.41, 5.74) is 0.509. The number of nitrogens with zero attached hydrogens (tertiary/aromatic N) is 4. The van der Waals surface area contributed by atoms with Crippen LogP contribution in [0.25, 0.3) is 0 Å². The molecule has 0 saturated carbocycles. The van der Waals surface area contributed by atoms with Crippen molar-refractivity contribution in [2.45, 2.75) is 125 Å². The molecule has 0 aromatic carbocycles. The van der Waals surface area contributed by atoms with Gasteiger partial charge in [0.05, 0.1) is 12.2 Å². The smallest absolute Gasteiger partial charge is 0.0675 e. The van der Waals surface area contributed by atoms with Gasteiger partial charge >= 0.3 is 0 Å². The highest BCUT2D eigenvalue weighted by atomic mass is 16.5. The Morgan fingerprint density at radius 3 is 1.12 bits per heavy atom. The zero-order valence-corrected chi connectivity index (χ0v) is 25.6. The molecule has 5 nitrogen and oxygen atoms in total. The second-order valence-electron chi connectivity index (χ2n) is 15.1. The van der Waals surface area contributed by atoms with Gasteiger partial charge in [-0.25, -0.2) is 0 Å². The zero-order chi connectivity index (χ0) is 26.4. The van der Waals surface area contributed by atoms with Crippen molar-refractivity contribution >= 4 is 0 Å². The maximum Gasteiger partial charge on any atom is 0.0675 e. The fourth-order valence-electron chi connectivity index (χ4n) is 5.25. The molecular formula is C29H60N4O. The lowest BCUT2D eigenvalue weighted by molar-refractivity contribution is -0.132. The van der Waals surface area contributed by atoms with E-state index in [0.29, 0.717) is 0 Å². The minimum absolute atomic E-state index is 0.0392. The van der Waals surface area contributed by atoms with Crippen molar-refractivity contribution in [3.63, 3.8) is 0 Å². The summed E-state index contributed by atoms with van der Waals surface area (Å²) in [6.07, 6.45) is 0. The molecule has 2 fully saturated rings. The fourth-order valence-corrected chi connectivity index (χ4v) is 5.25. The van der Waals surface area contributed by atoms with Gasteiger partial charge in [-0.2, -0.15) is 0 Å². The van der Waals surface area contributed by atoms with E-state index in [-0.39, 0.29) is 33.2 Å². The van der Waals surface area contributed by atoms with Gasteiger partial charge in [0.2, 0.25) is 0 Å². The minimum Gasteiger partial charge on any atom is -0.373 e. The molecule has 0 aromatic rings. The Morgan fingerprint density at radius 1 is 0.471 bits per heavy atom.